The van der Waals surface area contributed by atoms with Crippen molar-refractivity contribution < 1.29 is 61.9 Å². The van der Waals surface area contributed by atoms with E-state index in [4.69, 9.17) is 33.2 Å². The van der Waals surface area contributed by atoms with E-state index < -0.39 is 60.7 Å². The number of hydrogen-bond donors (Lipinski definition) is 0. The van der Waals surface area contributed by atoms with E-state index in [1.807, 2.05) is 30.3 Å². The molecule has 0 radical (unpaired) electrons. The van der Waals surface area contributed by atoms with Crippen LogP contribution in [0.25, 0.3) is 0 Å². The van der Waals surface area contributed by atoms with Crippen molar-refractivity contribution in [2.75, 3.05) is 6.61 Å². The van der Waals surface area contributed by atoms with Crippen molar-refractivity contribution in [3.8, 4) is 0 Å². The van der Waals surface area contributed by atoms with Gasteiger partial charge in [0, 0.05) is 31.2 Å². The van der Waals surface area contributed by atoms with Crippen molar-refractivity contribution in [1.29, 1.82) is 0 Å². The molecule has 6 atom stereocenters. The van der Waals surface area contributed by atoms with Gasteiger partial charge < -0.3 is 42.7 Å². The van der Waals surface area contributed by atoms with Crippen LogP contribution in [0.15, 0.2) is 59.1 Å². The Labute approximate surface area is 293 Å². The number of esters is 4. The minimum absolute atomic E-state index is 0.0333. The van der Waals surface area contributed by atoms with Gasteiger partial charge in [-0.15, -0.1) is 0 Å². The molecule has 0 aliphatic carbocycles. The Morgan fingerprint density at radius 2 is 1.27 bits per heavy atom. The average Bonchev–Trinajstić information content (AvgIpc) is 3.04. The normalized spacial score (nSPS) is 20.8. The number of carbonyl (C=O) groups excluding carboxylic acids is 6. The Hall–Kier alpha value is -3.98. The maximum absolute atomic E-state index is 13.2. The summed E-state index contributed by atoms with van der Waals surface area (Å²) in [4.78, 5) is 73.7. The number of halogens is 1. The minimum atomic E-state index is -1.67. The Morgan fingerprint density at radius 1 is 0.673 bits per heavy atom. The zero-order valence-corrected chi connectivity index (χ0v) is 29.4. The number of ether oxygens (including phenoxy) is 7. The summed E-state index contributed by atoms with van der Waals surface area (Å²) in [7, 11) is 0. The van der Waals surface area contributed by atoms with E-state index in [1.54, 1.807) is 24.3 Å². The van der Waals surface area contributed by atoms with Gasteiger partial charge in [0.05, 0.1) is 26.1 Å². The second-order valence-corrected chi connectivity index (χ2v) is 12.3. The Kier molecular flexibility index (Phi) is 16.0. The molecule has 1 saturated heterocycles. The molecule has 0 saturated carbocycles. The highest BCUT2D eigenvalue weighted by molar-refractivity contribution is 9.10. The minimum Gasteiger partial charge on any atom is -0.463 e. The van der Waals surface area contributed by atoms with Crippen LogP contribution in [0.3, 0.4) is 0 Å². The zero-order valence-electron chi connectivity index (χ0n) is 27.8. The van der Waals surface area contributed by atoms with Crippen LogP contribution in [-0.4, -0.2) is 78.9 Å². The lowest BCUT2D eigenvalue weighted by Gasteiger charge is -2.46. The summed E-state index contributed by atoms with van der Waals surface area (Å²) >= 11 is 3.40. The van der Waals surface area contributed by atoms with E-state index in [2.05, 4.69) is 15.9 Å². The number of rotatable bonds is 18. The highest BCUT2D eigenvalue weighted by Gasteiger charge is 2.55. The monoisotopic (exact) mass is 748 g/mol. The number of ketones is 2. The van der Waals surface area contributed by atoms with Gasteiger partial charge in [-0.1, -0.05) is 58.4 Å². The van der Waals surface area contributed by atoms with Gasteiger partial charge in [-0.05, 0) is 37.1 Å². The third kappa shape index (κ3) is 13.8. The fourth-order valence-electron chi connectivity index (χ4n) is 4.81. The van der Waals surface area contributed by atoms with Crippen LogP contribution >= 0.6 is 15.9 Å². The van der Waals surface area contributed by atoms with Gasteiger partial charge >= 0.3 is 23.9 Å². The molecule has 49 heavy (non-hydrogen) atoms. The molecular formula is C35H41BrO13. The van der Waals surface area contributed by atoms with Crippen LogP contribution in [-0.2, 0) is 75.1 Å². The van der Waals surface area contributed by atoms with Crippen LogP contribution < -0.4 is 0 Å². The summed E-state index contributed by atoms with van der Waals surface area (Å²) in [6.07, 6.45) is -9.16. The van der Waals surface area contributed by atoms with Crippen LogP contribution in [0.2, 0.25) is 0 Å². The van der Waals surface area contributed by atoms with E-state index in [0.29, 0.717) is 5.56 Å². The fraction of sp³-hybridized carbons (Fsp3) is 0.486. The van der Waals surface area contributed by atoms with Gasteiger partial charge in [-0.25, -0.2) is 0 Å². The summed E-state index contributed by atoms with van der Waals surface area (Å²) in [5.74, 6) is -3.62. The van der Waals surface area contributed by atoms with Crippen molar-refractivity contribution in [2.45, 2.75) is 103 Å². The smallest absolute Gasteiger partial charge is 0.308 e. The van der Waals surface area contributed by atoms with Crippen LogP contribution in [0.1, 0.15) is 64.5 Å². The quantitative estimate of drug-likeness (QED) is 0.156. The molecule has 1 unspecified atom stereocenters. The average molecular weight is 750 g/mol. The van der Waals surface area contributed by atoms with Gasteiger partial charge in [0.15, 0.2) is 6.10 Å². The second-order valence-electron chi connectivity index (χ2n) is 11.4. The number of carbonyl (C=O) groups is 6. The van der Waals surface area contributed by atoms with Crippen LogP contribution in [0, 0.1) is 0 Å². The molecule has 0 N–H and O–H groups in total. The maximum atomic E-state index is 13.2. The highest BCUT2D eigenvalue weighted by Crippen LogP contribution is 2.33. The van der Waals surface area contributed by atoms with Crippen LogP contribution in [0.4, 0.5) is 0 Å². The van der Waals surface area contributed by atoms with Gasteiger partial charge in [0.25, 0.3) is 0 Å². The lowest BCUT2D eigenvalue weighted by Crippen LogP contribution is -2.65. The molecule has 1 aliphatic rings. The molecule has 2 aromatic carbocycles. The first kappa shape index (κ1) is 39.5. The van der Waals surface area contributed by atoms with E-state index >= 15 is 0 Å². The third-order valence-corrected chi connectivity index (χ3v) is 7.72. The van der Waals surface area contributed by atoms with E-state index in [1.165, 1.54) is 20.8 Å². The van der Waals surface area contributed by atoms with Gasteiger partial charge in [-0.2, -0.15) is 0 Å². The molecule has 0 aromatic heterocycles. The number of Topliss-reactive ketones (excluding diaryl/α,β-unsaturated/α-hetero) is 2. The standard InChI is InChI=1S/C35H41BrO13/c1-21(37)10-16-29(41)47-33-32(45-19-26-12-14-27(36)15-13-26)31(28(20-43-23(3)39)44-18-25-8-6-5-7-9-25)49-35(34(33)46-24(4)40)48-30(42)17-11-22(2)38/h5-9,12-15,28,31-35H,10-11,16-20H2,1-4H3/t28-,31+,32+,33-,34-,35?/m0/s1. The first-order chi connectivity index (χ1) is 23.3. The molecule has 0 bridgehead atoms. The lowest BCUT2D eigenvalue weighted by molar-refractivity contribution is -0.318. The van der Waals surface area contributed by atoms with Crippen molar-refractivity contribution in [2.24, 2.45) is 0 Å². The summed E-state index contributed by atoms with van der Waals surface area (Å²) in [6, 6.07) is 16.3. The number of benzene rings is 2. The molecular weight excluding hydrogens is 708 g/mol. The summed E-state index contributed by atoms with van der Waals surface area (Å²) in [5.41, 5.74) is 1.49. The van der Waals surface area contributed by atoms with E-state index in [9.17, 15) is 28.8 Å². The number of hydrogen-bond acceptors (Lipinski definition) is 13. The molecule has 13 nitrogen and oxygen atoms in total. The molecule has 14 heteroatoms. The maximum Gasteiger partial charge on any atom is 0.308 e. The first-order valence-corrected chi connectivity index (χ1v) is 16.5. The second kappa shape index (κ2) is 19.9. The third-order valence-electron chi connectivity index (χ3n) is 7.19. The molecule has 1 aliphatic heterocycles. The molecule has 0 spiro atoms. The highest BCUT2D eigenvalue weighted by atomic mass is 79.9. The van der Waals surface area contributed by atoms with Crippen molar-refractivity contribution in [3.05, 3.63) is 70.2 Å². The van der Waals surface area contributed by atoms with Gasteiger partial charge in [0.2, 0.25) is 12.4 Å². The summed E-state index contributed by atoms with van der Waals surface area (Å²) < 4.78 is 42.1. The summed E-state index contributed by atoms with van der Waals surface area (Å²) in [6.45, 7) is 4.60. The van der Waals surface area contributed by atoms with E-state index in [-0.39, 0.29) is 57.1 Å². The summed E-state index contributed by atoms with van der Waals surface area (Å²) in [5, 5.41) is 0. The Balaban J connectivity index is 2.10. The zero-order chi connectivity index (χ0) is 35.9. The SMILES string of the molecule is CC(=O)CCC(=O)OC1O[C@H]([C@H](COC(C)=O)OCc2ccccc2)[C@@H](OCc2ccc(Br)cc2)[C@H](OC(=O)CCC(C)=O)[C@@H]1OC(C)=O. The molecule has 0 amide bonds. The molecule has 266 valence electrons. The largest absolute Gasteiger partial charge is 0.463 e. The van der Waals surface area contributed by atoms with Crippen molar-refractivity contribution >= 4 is 51.4 Å². The Morgan fingerprint density at radius 3 is 1.84 bits per heavy atom. The topological polar surface area (TPSA) is 167 Å². The van der Waals surface area contributed by atoms with Crippen LogP contribution in [0.5, 0.6) is 0 Å². The Bertz CT molecular complexity index is 1430. The fourth-order valence-corrected chi connectivity index (χ4v) is 5.08. The predicted octanol–water partition coefficient (Wildman–Crippen LogP) is 4.33. The van der Waals surface area contributed by atoms with E-state index in [0.717, 1.165) is 17.0 Å². The van der Waals surface area contributed by atoms with Gasteiger partial charge in [-0.3, -0.25) is 19.2 Å². The van der Waals surface area contributed by atoms with Gasteiger partial charge in [0.1, 0.15) is 36.5 Å². The first-order valence-electron chi connectivity index (χ1n) is 15.7. The molecule has 1 heterocycles. The molecule has 1 fully saturated rings. The predicted molar refractivity (Wildman–Crippen MR) is 174 cm³/mol. The van der Waals surface area contributed by atoms with Crippen molar-refractivity contribution in [1.82, 2.24) is 0 Å². The van der Waals surface area contributed by atoms with Crippen molar-refractivity contribution in [3.63, 3.8) is 0 Å². The lowest BCUT2D eigenvalue weighted by atomic mass is 9.94. The molecule has 2 aromatic rings. The molecule has 3 rings (SSSR count).